The van der Waals surface area contributed by atoms with Gasteiger partial charge in [-0.05, 0) is 17.7 Å². The quantitative estimate of drug-likeness (QED) is 0.644. The Bertz CT molecular complexity index is 1060. The number of amides is 2. The number of benzene rings is 1. The number of aromatic nitrogens is 2. The normalized spacial score (nSPS) is 20.5. The van der Waals surface area contributed by atoms with Crippen LogP contribution in [0.1, 0.15) is 41.1 Å². The minimum absolute atomic E-state index is 0.0508. The van der Waals surface area contributed by atoms with Gasteiger partial charge < -0.3 is 9.73 Å². The first kappa shape index (κ1) is 23.0. The van der Waals surface area contributed by atoms with E-state index in [1.165, 1.54) is 18.2 Å². The smallest absolute Gasteiger partial charge is 0.314 e. The number of nitrogens with zero attached hydrogens (tertiary/aromatic N) is 4. The van der Waals surface area contributed by atoms with Crippen LogP contribution in [0.3, 0.4) is 0 Å². The van der Waals surface area contributed by atoms with E-state index in [0.717, 1.165) is 10.0 Å². The fraction of sp³-hybridized carbons (Fsp3) is 0.474. The predicted octanol–water partition coefficient (Wildman–Crippen LogP) is 3.03. The van der Waals surface area contributed by atoms with Crippen LogP contribution in [0, 0.1) is 0 Å². The zero-order chi connectivity index (χ0) is 23.9. The maximum Gasteiger partial charge on any atom is 0.314 e. The van der Waals surface area contributed by atoms with Gasteiger partial charge in [-0.15, -0.1) is 10.2 Å². The number of halogens is 6. The Morgan fingerprint density at radius 3 is 2.67 bits per heavy atom. The summed E-state index contributed by atoms with van der Waals surface area (Å²) in [5, 5.41) is 10.9. The molecule has 3 heterocycles. The Balaban J connectivity index is 1.57. The van der Waals surface area contributed by atoms with Crippen LogP contribution in [0.25, 0.3) is 11.5 Å². The molecule has 33 heavy (non-hydrogen) atoms. The molecule has 1 aromatic carbocycles. The maximum atomic E-state index is 14.0. The van der Waals surface area contributed by atoms with Crippen LogP contribution in [-0.2, 0) is 11.3 Å². The molecule has 2 aliphatic rings. The van der Waals surface area contributed by atoms with Crippen LogP contribution in [-0.4, -0.2) is 63.5 Å². The van der Waals surface area contributed by atoms with Crippen molar-refractivity contribution in [2.75, 3.05) is 13.1 Å². The third kappa shape index (κ3) is 4.65. The lowest BCUT2D eigenvalue weighted by molar-refractivity contribution is -0.158. The van der Waals surface area contributed by atoms with Gasteiger partial charge in [0.05, 0.1) is 13.1 Å². The molecule has 1 saturated heterocycles. The second-order valence-electron chi connectivity index (χ2n) is 7.61. The molecule has 0 spiro atoms. The molecule has 1 aromatic heterocycles. The summed E-state index contributed by atoms with van der Waals surface area (Å²) in [6.07, 6.45) is -7.40. The van der Waals surface area contributed by atoms with E-state index in [1.54, 1.807) is 0 Å². The number of hydrogen-bond donors (Lipinski definition) is 1. The lowest BCUT2D eigenvalue weighted by Crippen LogP contribution is -2.60. The van der Waals surface area contributed by atoms with E-state index in [0.29, 0.717) is 5.56 Å². The number of piperidine rings is 1. The monoisotopic (exact) mass is 477 g/mol. The summed E-state index contributed by atoms with van der Waals surface area (Å²) < 4.78 is 83.2. The molecule has 1 unspecified atom stereocenters. The molecule has 2 aliphatic heterocycles. The highest BCUT2D eigenvalue weighted by Gasteiger charge is 2.47. The summed E-state index contributed by atoms with van der Waals surface area (Å²) in [5.74, 6) is -5.99. The van der Waals surface area contributed by atoms with E-state index in [9.17, 15) is 35.9 Å². The van der Waals surface area contributed by atoms with Crippen LogP contribution >= 0.6 is 0 Å². The van der Waals surface area contributed by atoms with Crippen molar-refractivity contribution in [1.82, 2.24) is 25.5 Å². The molecule has 0 radical (unpaired) electrons. The third-order valence-corrected chi connectivity index (χ3v) is 5.37. The lowest BCUT2D eigenvalue weighted by Gasteiger charge is -2.42. The topological polar surface area (TPSA) is 91.6 Å². The first-order valence-corrected chi connectivity index (χ1v) is 9.82. The van der Waals surface area contributed by atoms with Crippen molar-refractivity contribution in [3.63, 3.8) is 0 Å². The minimum atomic E-state index is -3.20. The third-order valence-electron chi connectivity index (χ3n) is 5.37. The summed E-state index contributed by atoms with van der Waals surface area (Å²) in [6, 6.07) is 2.79. The van der Waals surface area contributed by atoms with Gasteiger partial charge in [0.25, 0.3) is 24.1 Å². The fourth-order valence-corrected chi connectivity index (χ4v) is 3.80. The van der Waals surface area contributed by atoms with E-state index in [-0.39, 0.29) is 30.1 Å². The summed E-state index contributed by atoms with van der Waals surface area (Å²) >= 11 is 0. The molecule has 1 fully saturated rings. The number of fused-ring (bicyclic) bond motifs is 1. The van der Waals surface area contributed by atoms with E-state index in [4.69, 9.17) is 4.42 Å². The zero-order valence-corrected chi connectivity index (χ0v) is 16.8. The Labute approximate surface area is 182 Å². The molecule has 1 N–H and O–H groups in total. The van der Waals surface area contributed by atoms with Gasteiger partial charge in [-0.3, -0.25) is 14.6 Å². The molecule has 8 nitrogen and oxygen atoms in total. The Hall–Kier alpha value is -3.16. The molecule has 0 aliphatic carbocycles. The van der Waals surface area contributed by atoms with E-state index >= 15 is 0 Å². The molecule has 0 bridgehead atoms. The van der Waals surface area contributed by atoms with Gasteiger partial charge in [-0.2, -0.15) is 8.78 Å². The highest BCUT2D eigenvalue weighted by molar-refractivity contribution is 5.99. The number of alkyl halides is 6. The Morgan fingerprint density at radius 1 is 1.24 bits per heavy atom. The number of rotatable bonds is 6. The Kier molecular flexibility index (Phi) is 6.03. The zero-order valence-electron chi connectivity index (χ0n) is 16.8. The highest BCUT2D eigenvalue weighted by Crippen LogP contribution is 2.36. The van der Waals surface area contributed by atoms with Crippen molar-refractivity contribution < 1.29 is 40.3 Å². The first-order chi connectivity index (χ1) is 15.6. The summed E-state index contributed by atoms with van der Waals surface area (Å²) in [4.78, 5) is 25.4. The van der Waals surface area contributed by atoms with Gasteiger partial charge in [0.2, 0.25) is 11.8 Å². The fourth-order valence-electron chi connectivity index (χ4n) is 3.80. The highest BCUT2D eigenvalue weighted by atomic mass is 19.3. The number of hydrazine groups is 1. The van der Waals surface area contributed by atoms with Crippen LogP contribution in [0.2, 0.25) is 0 Å². The van der Waals surface area contributed by atoms with Crippen molar-refractivity contribution in [1.29, 1.82) is 0 Å². The second kappa shape index (κ2) is 8.65. The van der Waals surface area contributed by atoms with E-state index < -0.39 is 61.9 Å². The molecular formula is C19H17F6N5O3. The number of nitrogens with one attached hydrogen (secondary N) is 1. The van der Waals surface area contributed by atoms with Crippen molar-refractivity contribution in [3.8, 4) is 11.5 Å². The maximum absolute atomic E-state index is 14.0. The molecule has 0 saturated carbocycles. The van der Waals surface area contributed by atoms with Gasteiger partial charge in [0.15, 0.2) is 0 Å². The largest absolute Gasteiger partial charge is 0.415 e. The lowest BCUT2D eigenvalue weighted by atomic mass is 9.99. The molecule has 1 atom stereocenters. The minimum Gasteiger partial charge on any atom is -0.415 e. The van der Waals surface area contributed by atoms with Crippen molar-refractivity contribution in [2.45, 2.75) is 44.2 Å². The SMILES string of the molecule is O=C(NCC(F)F)C1CC(F)(F)CCN1N1Cc2ccc(-c3nnc(C(F)F)o3)cc2C1=O. The average molecular weight is 477 g/mol. The Morgan fingerprint density at radius 2 is 2.00 bits per heavy atom. The molecule has 4 rings (SSSR count). The number of carbonyl (C=O) groups is 2. The van der Waals surface area contributed by atoms with Crippen LogP contribution in [0.15, 0.2) is 22.6 Å². The van der Waals surface area contributed by atoms with Gasteiger partial charge >= 0.3 is 6.43 Å². The van der Waals surface area contributed by atoms with Gasteiger partial charge in [0, 0.05) is 30.5 Å². The summed E-state index contributed by atoms with van der Waals surface area (Å²) in [6.45, 7) is -1.41. The van der Waals surface area contributed by atoms with Crippen molar-refractivity contribution >= 4 is 11.8 Å². The number of hydrogen-bond acceptors (Lipinski definition) is 6. The predicted molar refractivity (Wildman–Crippen MR) is 98.3 cm³/mol. The molecule has 14 heteroatoms. The molecule has 178 valence electrons. The van der Waals surface area contributed by atoms with Crippen LogP contribution < -0.4 is 5.32 Å². The van der Waals surface area contributed by atoms with Gasteiger partial charge in [0.1, 0.15) is 6.04 Å². The van der Waals surface area contributed by atoms with Crippen LogP contribution in [0.4, 0.5) is 26.3 Å². The second-order valence-corrected chi connectivity index (χ2v) is 7.61. The molecule has 2 aromatic rings. The van der Waals surface area contributed by atoms with E-state index in [1.807, 2.05) is 5.32 Å². The van der Waals surface area contributed by atoms with Crippen molar-refractivity contribution in [2.24, 2.45) is 0 Å². The standard InChI is InChI=1S/C19H17F6N5O3/c20-13(21)7-26-15(31)12-6-19(24,25)3-4-29(12)30-8-10-2-1-9(5-11(10)18(30)32)16-27-28-17(33-16)14(22)23/h1-2,5,12-14H,3-4,6-8H2,(H,26,31). The summed E-state index contributed by atoms with van der Waals surface area (Å²) in [5.41, 5.74) is 0.814. The molecule has 2 amide bonds. The summed E-state index contributed by atoms with van der Waals surface area (Å²) in [7, 11) is 0. The van der Waals surface area contributed by atoms with E-state index in [2.05, 4.69) is 10.2 Å². The molecular weight excluding hydrogens is 460 g/mol. The van der Waals surface area contributed by atoms with Gasteiger partial charge in [-0.25, -0.2) is 22.6 Å². The van der Waals surface area contributed by atoms with Crippen molar-refractivity contribution in [3.05, 3.63) is 35.2 Å². The first-order valence-electron chi connectivity index (χ1n) is 9.82. The number of carbonyl (C=O) groups excluding carboxylic acids is 2. The van der Waals surface area contributed by atoms with Gasteiger partial charge in [-0.1, -0.05) is 6.07 Å². The average Bonchev–Trinajstić information content (AvgIpc) is 3.37. The van der Waals surface area contributed by atoms with Crippen LogP contribution in [0.5, 0.6) is 0 Å².